The molecule has 0 atom stereocenters. The van der Waals surface area contributed by atoms with Crippen molar-refractivity contribution in [3.63, 3.8) is 0 Å². The fourth-order valence-electron chi connectivity index (χ4n) is 5.17. The summed E-state index contributed by atoms with van der Waals surface area (Å²) < 4.78 is 12.3. The molecule has 7 rings (SSSR count). The van der Waals surface area contributed by atoms with Gasteiger partial charge in [-0.05, 0) is 65.4 Å². The Hall–Kier alpha value is -5.48. The third kappa shape index (κ3) is 5.55. The minimum atomic E-state index is 0.571. The van der Waals surface area contributed by atoms with Gasteiger partial charge < -0.3 is 8.83 Å². The number of aromatic nitrogens is 2. The summed E-state index contributed by atoms with van der Waals surface area (Å²) in [7, 11) is 0. The van der Waals surface area contributed by atoms with Gasteiger partial charge >= 0.3 is 0 Å². The fourth-order valence-corrected chi connectivity index (χ4v) is 5.17. The van der Waals surface area contributed by atoms with Gasteiger partial charge in [-0.2, -0.15) is 0 Å². The van der Waals surface area contributed by atoms with Crippen molar-refractivity contribution in [3.8, 4) is 67.8 Å². The van der Waals surface area contributed by atoms with Crippen molar-refractivity contribution in [2.24, 2.45) is 0 Å². The molecule has 0 N–H and O–H groups in total. The molecule has 0 aliphatic heterocycles. The van der Waals surface area contributed by atoms with E-state index in [1.165, 1.54) is 33.4 Å². The molecule has 4 heteroatoms. The second-order valence-corrected chi connectivity index (χ2v) is 10.7. The Morgan fingerprint density at radius 3 is 1.14 bits per heavy atom. The minimum Gasteiger partial charge on any atom is -0.436 e. The maximum absolute atomic E-state index is 6.14. The first kappa shape index (κ1) is 26.4. The molecule has 0 aliphatic carbocycles. The normalized spacial score (nSPS) is 11.1. The predicted molar refractivity (Wildman–Crippen MR) is 173 cm³/mol. The van der Waals surface area contributed by atoms with E-state index in [4.69, 9.17) is 8.83 Å². The van der Waals surface area contributed by atoms with Crippen LogP contribution < -0.4 is 0 Å². The smallest absolute Gasteiger partial charge is 0.226 e. The van der Waals surface area contributed by atoms with Crippen LogP contribution in [0.1, 0.15) is 18.1 Å². The molecule has 208 valence electrons. The van der Waals surface area contributed by atoms with Gasteiger partial charge in [0.15, 0.2) is 11.5 Å². The van der Waals surface area contributed by atoms with E-state index in [1.54, 1.807) is 12.4 Å². The maximum atomic E-state index is 6.14. The molecule has 0 saturated carbocycles. The molecule has 0 bridgehead atoms. The fraction of sp³-hybridized carbons (Fsp3) is 0.0769. The number of hydrogen-bond donors (Lipinski definition) is 0. The van der Waals surface area contributed by atoms with Gasteiger partial charge in [0.1, 0.15) is 0 Å². The average Bonchev–Trinajstić information content (AvgIpc) is 3.77. The van der Waals surface area contributed by atoms with Gasteiger partial charge in [-0.3, -0.25) is 0 Å². The zero-order valence-corrected chi connectivity index (χ0v) is 24.1. The van der Waals surface area contributed by atoms with Crippen LogP contribution in [0.4, 0.5) is 0 Å². The minimum absolute atomic E-state index is 0.571. The zero-order valence-electron chi connectivity index (χ0n) is 24.1. The summed E-state index contributed by atoms with van der Waals surface area (Å²) >= 11 is 0. The number of oxazole rings is 2. The lowest BCUT2D eigenvalue weighted by Crippen LogP contribution is -1.82. The van der Waals surface area contributed by atoms with Crippen molar-refractivity contribution in [2.75, 3.05) is 0 Å². The van der Waals surface area contributed by atoms with Crippen LogP contribution in [0.5, 0.6) is 0 Å². The highest BCUT2D eigenvalue weighted by atomic mass is 16.4. The Bertz CT molecular complexity index is 1960. The van der Waals surface area contributed by atoms with E-state index in [0.717, 1.165) is 40.2 Å². The Balaban J connectivity index is 1.04. The molecule has 0 fully saturated rings. The lowest BCUT2D eigenvalue weighted by atomic mass is 10.0. The molecule has 0 saturated heterocycles. The van der Waals surface area contributed by atoms with E-state index in [0.29, 0.717) is 11.8 Å². The SMILES string of the molecule is CCc1ccc(-c2ccc(-c3cnc(-c4ccc(-c5ncc(-c6ccc(-c7ccc(C)cc7)cc6)o5)cc4)o3)cc2)cc1. The van der Waals surface area contributed by atoms with Crippen molar-refractivity contribution < 1.29 is 8.83 Å². The third-order valence-corrected chi connectivity index (χ3v) is 7.81. The van der Waals surface area contributed by atoms with Crippen molar-refractivity contribution in [1.82, 2.24) is 9.97 Å². The van der Waals surface area contributed by atoms with Crippen LogP contribution in [0.3, 0.4) is 0 Å². The number of benzene rings is 5. The molecule has 43 heavy (non-hydrogen) atoms. The van der Waals surface area contributed by atoms with Crippen molar-refractivity contribution in [1.29, 1.82) is 0 Å². The number of hydrogen-bond acceptors (Lipinski definition) is 4. The van der Waals surface area contributed by atoms with E-state index >= 15 is 0 Å². The van der Waals surface area contributed by atoms with Gasteiger partial charge in [-0.1, -0.05) is 110 Å². The monoisotopic (exact) mass is 558 g/mol. The lowest BCUT2D eigenvalue weighted by Gasteiger charge is -2.04. The third-order valence-electron chi connectivity index (χ3n) is 7.81. The van der Waals surface area contributed by atoms with Crippen molar-refractivity contribution in [2.45, 2.75) is 20.3 Å². The molecule has 0 unspecified atom stereocenters. The quantitative estimate of drug-likeness (QED) is 0.195. The topological polar surface area (TPSA) is 52.1 Å². The van der Waals surface area contributed by atoms with Crippen LogP contribution in [0.15, 0.2) is 143 Å². The molecular weight excluding hydrogens is 528 g/mol. The van der Waals surface area contributed by atoms with Gasteiger partial charge in [0.2, 0.25) is 11.8 Å². The van der Waals surface area contributed by atoms with Gasteiger partial charge in [0.05, 0.1) is 12.4 Å². The van der Waals surface area contributed by atoms with Crippen LogP contribution in [-0.2, 0) is 6.42 Å². The highest BCUT2D eigenvalue weighted by Crippen LogP contribution is 2.32. The summed E-state index contributed by atoms with van der Waals surface area (Å²) in [6, 6.07) is 41.9. The van der Waals surface area contributed by atoms with Crippen LogP contribution in [-0.4, -0.2) is 9.97 Å². The standard InChI is InChI=1S/C39H30N2O2/c1-3-27-6-10-29(11-7-27)31-14-18-33(19-15-31)37-25-41-39(43-37)35-22-20-34(21-23-35)38-40-24-36(42-38)32-16-12-30(13-17-32)28-8-4-26(2)5-9-28/h4-25H,3H2,1-2H3. The van der Waals surface area contributed by atoms with Crippen LogP contribution in [0, 0.1) is 6.92 Å². The molecule has 2 aromatic heterocycles. The van der Waals surface area contributed by atoms with E-state index < -0.39 is 0 Å². The summed E-state index contributed by atoms with van der Waals surface area (Å²) in [5, 5.41) is 0. The number of aryl methyl sites for hydroxylation is 2. The van der Waals surface area contributed by atoms with Gasteiger partial charge in [0, 0.05) is 22.3 Å². The van der Waals surface area contributed by atoms with Crippen molar-refractivity contribution in [3.05, 3.63) is 145 Å². The highest BCUT2D eigenvalue weighted by Gasteiger charge is 2.12. The van der Waals surface area contributed by atoms with Gasteiger partial charge in [0.25, 0.3) is 0 Å². The lowest BCUT2D eigenvalue weighted by molar-refractivity contribution is 0.587. The molecular formula is C39H30N2O2. The second-order valence-electron chi connectivity index (χ2n) is 10.7. The largest absolute Gasteiger partial charge is 0.436 e. The molecule has 0 aliphatic rings. The van der Waals surface area contributed by atoms with E-state index in [1.807, 2.05) is 24.3 Å². The molecule has 0 spiro atoms. The van der Waals surface area contributed by atoms with Gasteiger partial charge in [-0.15, -0.1) is 0 Å². The van der Waals surface area contributed by atoms with Crippen LogP contribution in [0.2, 0.25) is 0 Å². The second kappa shape index (κ2) is 11.4. The Labute approximate surface area is 251 Å². The first-order valence-electron chi connectivity index (χ1n) is 14.5. The number of nitrogens with zero attached hydrogens (tertiary/aromatic N) is 2. The van der Waals surface area contributed by atoms with E-state index in [-0.39, 0.29) is 0 Å². The van der Waals surface area contributed by atoms with Crippen LogP contribution in [0.25, 0.3) is 67.8 Å². The van der Waals surface area contributed by atoms with E-state index in [2.05, 4.69) is 121 Å². The Morgan fingerprint density at radius 1 is 0.419 bits per heavy atom. The molecule has 0 amide bonds. The van der Waals surface area contributed by atoms with Crippen LogP contribution >= 0.6 is 0 Å². The summed E-state index contributed by atoms with van der Waals surface area (Å²) in [6.07, 6.45) is 4.59. The highest BCUT2D eigenvalue weighted by molar-refractivity contribution is 5.71. The molecule has 7 aromatic rings. The van der Waals surface area contributed by atoms with Gasteiger partial charge in [-0.25, -0.2) is 9.97 Å². The maximum Gasteiger partial charge on any atom is 0.226 e. The first-order chi connectivity index (χ1) is 21.1. The predicted octanol–water partition coefficient (Wildman–Crippen LogP) is 10.5. The molecule has 4 nitrogen and oxygen atoms in total. The Morgan fingerprint density at radius 2 is 0.744 bits per heavy atom. The summed E-state index contributed by atoms with van der Waals surface area (Å²) in [6.45, 7) is 4.27. The summed E-state index contributed by atoms with van der Waals surface area (Å²) in [4.78, 5) is 9.07. The molecule has 2 heterocycles. The van der Waals surface area contributed by atoms with E-state index in [9.17, 15) is 0 Å². The Kier molecular flexibility index (Phi) is 7.02. The first-order valence-corrected chi connectivity index (χ1v) is 14.5. The average molecular weight is 559 g/mol. The van der Waals surface area contributed by atoms with Crippen molar-refractivity contribution >= 4 is 0 Å². The summed E-state index contributed by atoms with van der Waals surface area (Å²) in [5.74, 6) is 2.61. The molecule has 5 aromatic carbocycles. The zero-order chi connectivity index (χ0) is 29.2. The number of rotatable bonds is 7. The molecule has 0 radical (unpaired) electrons. The summed E-state index contributed by atoms with van der Waals surface area (Å²) in [5.41, 5.74) is 11.1.